The summed E-state index contributed by atoms with van der Waals surface area (Å²) in [6.07, 6.45) is 0. The van der Waals surface area contributed by atoms with Gasteiger partial charge in [0.1, 0.15) is 11.6 Å². The molecule has 0 radical (unpaired) electrons. The average Bonchev–Trinajstić information content (AvgIpc) is 3.05. The molecule has 4 N–H and O–H groups in total. The Morgan fingerprint density at radius 1 is 0.920 bits per heavy atom. The van der Waals surface area contributed by atoms with Gasteiger partial charge < -0.3 is 20.8 Å². The predicted molar refractivity (Wildman–Crippen MR) is 91.7 cm³/mol. The van der Waals surface area contributed by atoms with E-state index in [0.29, 0.717) is 22.7 Å². The maximum Gasteiger partial charge on any atom is 0.316 e. The molecule has 0 unspecified atom stereocenters. The normalized spacial score (nSPS) is 10.3. The number of hydrogen-bond donors (Lipinski definition) is 3. The molecule has 3 aromatic rings. The van der Waals surface area contributed by atoms with Crippen molar-refractivity contribution in [3.63, 3.8) is 0 Å². The molecular formula is C18H14FN3O3. The van der Waals surface area contributed by atoms with Gasteiger partial charge in [-0.2, -0.15) is 0 Å². The molecule has 0 saturated carbocycles. The molecule has 0 atom stereocenters. The number of furan rings is 1. The van der Waals surface area contributed by atoms with Crippen LogP contribution in [0, 0.1) is 5.82 Å². The Labute approximate surface area is 142 Å². The highest BCUT2D eigenvalue weighted by molar-refractivity contribution is 6.03. The third-order valence-electron chi connectivity index (χ3n) is 3.35. The molecule has 3 amide bonds. The van der Waals surface area contributed by atoms with Gasteiger partial charge in [0.2, 0.25) is 0 Å². The summed E-state index contributed by atoms with van der Waals surface area (Å²) in [5, 5.41) is 5.08. The van der Waals surface area contributed by atoms with Gasteiger partial charge in [0.15, 0.2) is 5.76 Å². The first kappa shape index (κ1) is 16.3. The molecule has 2 aromatic carbocycles. The highest BCUT2D eigenvalue weighted by Gasteiger charge is 2.13. The molecule has 1 heterocycles. The number of urea groups is 1. The average molecular weight is 339 g/mol. The summed E-state index contributed by atoms with van der Waals surface area (Å²) in [5.41, 5.74) is 6.64. The van der Waals surface area contributed by atoms with E-state index < -0.39 is 11.9 Å². The fourth-order valence-corrected chi connectivity index (χ4v) is 2.24. The minimum atomic E-state index is -0.696. The van der Waals surface area contributed by atoms with Crippen LogP contribution in [0.2, 0.25) is 0 Å². The quantitative estimate of drug-likeness (QED) is 0.674. The van der Waals surface area contributed by atoms with Crippen LogP contribution in [0.5, 0.6) is 0 Å². The van der Waals surface area contributed by atoms with Crippen LogP contribution < -0.4 is 16.4 Å². The first-order chi connectivity index (χ1) is 12.0. The van der Waals surface area contributed by atoms with E-state index in [4.69, 9.17) is 10.2 Å². The Kier molecular flexibility index (Phi) is 4.47. The summed E-state index contributed by atoms with van der Waals surface area (Å²) in [4.78, 5) is 23.1. The molecule has 1 aromatic heterocycles. The van der Waals surface area contributed by atoms with Crippen molar-refractivity contribution >= 4 is 23.3 Å². The summed E-state index contributed by atoms with van der Waals surface area (Å²) >= 11 is 0. The number of nitrogens with one attached hydrogen (secondary N) is 2. The summed E-state index contributed by atoms with van der Waals surface area (Å²) in [7, 11) is 0. The number of hydrogen-bond acceptors (Lipinski definition) is 3. The van der Waals surface area contributed by atoms with Crippen LogP contribution in [0.25, 0.3) is 11.3 Å². The Hall–Kier alpha value is -3.61. The summed E-state index contributed by atoms with van der Waals surface area (Å²) in [6, 6.07) is 14.7. The van der Waals surface area contributed by atoms with Crippen LogP contribution in [0.3, 0.4) is 0 Å². The van der Waals surface area contributed by atoms with Gasteiger partial charge in [-0.05, 0) is 54.6 Å². The van der Waals surface area contributed by atoms with Gasteiger partial charge in [-0.3, -0.25) is 4.79 Å². The Morgan fingerprint density at radius 3 is 2.28 bits per heavy atom. The second kappa shape index (κ2) is 6.88. The van der Waals surface area contributed by atoms with E-state index in [-0.39, 0.29) is 11.6 Å². The third-order valence-corrected chi connectivity index (χ3v) is 3.35. The van der Waals surface area contributed by atoms with Crippen LogP contribution in [-0.2, 0) is 0 Å². The smallest absolute Gasteiger partial charge is 0.316 e. The van der Waals surface area contributed by atoms with E-state index in [1.54, 1.807) is 42.5 Å². The summed E-state index contributed by atoms with van der Waals surface area (Å²) in [6.45, 7) is 0. The third kappa shape index (κ3) is 4.03. The molecule has 3 rings (SSSR count). The van der Waals surface area contributed by atoms with Gasteiger partial charge >= 0.3 is 6.03 Å². The molecule has 0 aliphatic heterocycles. The van der Waals surface area contributed by atoms with E-state index in [1.165, 1.54) is 18.2 Å². The molecule has 6 nitrogen and oxygen atoms in total. The zero-order valence-corrected chi connectivity index (χ0v) is 13.0. The lowest BCUT2D eigenvalue weighted by atomic mass is 10.2. The zero-order chi connectivity index (χ0) is 17.8. The van der Waals surface area contributed by atoms with Crippen molar-refractivity contribution in [2.24, 2.45) is 5.73 Å². The van der Waals surface area contributed by atoms with E-state index in [1.807, 2.05) is 0 Å². The van der Waals surface area contributed by atoms with Crippen LogP contribution in [-0.4, -0.2) is 11.9 Å². The first-order valence-electron chi connectivity index (χ1n) is 7.35. The number of rotatable bonds is 4. The van der Waals surface area contributed by atoms with Gasteiger partial charge in [-0.15, -0.1) is 0 Å². The van der Waals surface area contributed by atoms with E-state index in [2.05, 4.69) is 10.6 Å². The van der Waals surface area contributed by atoms with Gasteiger partial charge in [0, 0.05) is 16.9 Å². The van der Waals surface area contributed by atoms with E-state index >= 15 is 0 Å². The highest BCUT2D eigenvalue weighted by Crippen LogP contribution is 2.23. The predicted octanol–water partition coefficient (Wildman–Crippen LogP) is 3.83. The number of benzene rings is 2. The van der Waals surface area contributed by atoms with Crippen LogP contribution in [0.4, 0.5) is 20.6 Å². The first-order valence-corrected chi connectivity index (χ1v) is 7.35. The largest absolute Gasteiger partial charge is 0.451 e. The van der Waals surface area contributed by atoms with Crippen molar-refractivity contribution in [1.29, 1.82) is 0 Å². The lowest BCUT2D eigenvalue weighted by Crippen LogP contribution is -2.19. The number of carbonyl (C=O) groups excluding carboxylic acids is 2. The molecule has 0 spiro atoms. The summed E-state index contributed by atoms with van der Waals surface area (Å²) < 4.78 is 18.5. The number of carbonyl (C=O) groups is 2. The SMILES string of the molecule is NC(=O)Nc1cccc(NC(=O)c2ccc(-c3ccc(F)cc3)o2)c1. The number of anilines is 2. The topological polar surface area (TPSA) is 97.4 Å². The van der Waals surface area contributed by atoms with Crippen molar-refractivity contribution in [2.45, 2.75) is 0 Å². The fraction of sp³-hybridized carbons (Fsp3) is 0. The molecule has 0 fully saturated rings. The van der Waals surface area contributed by atoms with Crippen molar-refractivity contribution in [3.05, 3.63) is 72.2 Å². The number of primary amides is 1. The lowest BCUT2D eigenvalue weighted by molar-refractivity contribution is 0.0997. The maximum absolute atomic E-state index is 13.0. The number of halogens is 1. The standard InChI is InChI=1S/C18H14FN3O3/c19-12-6-4-11(5-7-12)15-8-9-16(25-15)17(23)21-13-2-1-3-14(10-13)22-18(20)24/h1-10H,(H,21,23)(H3,20,22,24). The van der Waals surface area contributed by atoms with Crippen LogP contribution in [0.1, 0.15) is 10.6 Å². The van der Waals surface area contributed by atoms with Crippen molar-refractivity contribution in [3.8, 4) is 11.3 Å². The van der Waals surface area contributed by atoms with Gasteiger partial charge in [-0.1, -0.05) is 6.07 Å². The molecule has 25 heavy (non-hydrogen) atoms. The Balaban J connectivity index is 1.74. The molecular weight excluding hydrogens is 325 g/mol. The minimum absolute atomic E-state index is 0.104. The second-order valence-corrected chi connectivity index (χ2v) is 5.19. The van der Waals surface area contributed by atoms with E-state index in [9.17, 15) is 14.0 Å². The monoisotopic (exact) mass is 339 g/mol. The maximum atomic E-state index is 13.0. The minimum Gasteiger partial charge on any atom is -0.451 e. The molecule has 7 heteroatoms. The Bertz CT molecular complexity index is 919. The van der Waals surface area contributed by atoms with Crippen LogP contribution >= 0.6 is 0 Å². The number of amides is 3. The number of nitrogens with two attached hydrogens (primary N) is 1. The second-order valence-electron chi connectivity index (χ2n) is 5.19. The zero-order valence-electron chi connectivity index (χ0n) is 13.0. The molecule has 0 aliphatic carbocycles. The van der Waals surface area contributed by atoms with Crippen molar-refractivity contribution in [1.82, 2.24) is 0 Å². The van der Waals surface area contributed by atoms with Crippen molar-refractivity contribution < 1.29 is 18.4 Å². The fourth-order valence-electron chi connectivity index (χ4n) is 2.24. The summed E-state index contributed by atoms with van der Waals surface area (Å²) in [5.74, 6) is -0.246. The lowest BCUT2D eigenvalue weighted by Gasteiger charge is -2.06. The molecule has 0 aliphatic rings. The van der Waals surface area contributed by atoms with E-state index in [0.717, 1.165) is 0 Å². The Morgan fingerprint density at radius 2 is 1.60 bits per heavy atom. The van der Waals surface area contributed by atoms with Gasteiger partial charge in [0.25, 0.3) is 5.91 Å². The van der Waals surface area contributed by atoms with Crippen molar-refractivity contribution in [2.75, 3.05) is 10.6 Å². The van der Waals surface area contributed by atoms with Gasteiger partial charge in [-0.25, -0.2) is 9.18 Å². The van der Waals surface area contributed by atoms with Crippen LogP contribution in [0.15, 0.2) is 65.1 Å². The molecule has 0 bridgehead atoms. The highest BCUT2D eigenvalue weighted by atomic mass is 19.1. The molecule has 0 saturated heterocycles. The molecule has 126 valence electrons. The van der Waals surface area contributed by atoms with Gasteiger partial charge in [0.05, 0.1) is 0 Å².